The highest BCUT2D eigenvalue weighted by Gasteiger charge is 2.14. The van der Waals surface area contributed by atoms with Gasteiger partial charge >= 0.3 is 5.97 Å². The summed E-state index contributed by atoms with van der Waals surface area (Å²) in [5, 5.41) is 8.52. The minimum Gasteiger partial charge on any atom is -0.478 e. The lowest BCUT2D eigenvalue weighted by Gasteiger charge is -2.03. The lowest BCUT2D eigenvalue weighted by molar-refractivity contribution is -0.126. The van der Waals surface area contributed by atoms with Crippen LogP contribution in [0, 0.1) is 0 Å². The van der Waals surface area contributed by atoms with Crippen molar-refractivity contribution in [2.45, 2.75) is 12.8 Å². The van der Waals surface area contributed by atoms with Gasteiger partial charge in [0.15, 0.2) is 0 Å². The summed E-state index contributed by atoms with van der Waals surface area (Å²) in [6, 6.07) is 4.23. The number of amides is 1. The van der Waals surface area contributed by atoms with E-state index in [9.17, 15) is 9.59 Å². The number of rotatable bonds is 2. The van der Waals surface area contributed by atoms with E-state index in [2.05, 4.69) is 0 Å². The number of hydrogen-bond acceptors (Lipinski definition) is 6. The maximum absolute atomic E-state index is 10.5. The second-order valence-electron chi connectivity index (χ2n) is 4.69. The third kappa shape index (κ3) is 8.08. The van der Waals surface area contributed by atoms with E-state index < -0.39 is 5.97 Å². The molecule has 22 heavy (non-hydrogen) atoms. The number of carbonyl (C=O) groups is 2. The summed E-state index contributed by atoms with van der Waals surface area (Å²) in [5.41, 5.74) is 21.4. The third-order valence-electron chi connectivity index (χ3n) is 2.70. The van der Waals surface area contributed by atoms with Crippen LogP contribution in [0.4, 0.5) is 11.4 Å². The molecule has 124 valence electrons. The zero-order chi connectivity index (χ0) is 17.1. The number of likely N-dealkylation sites (tertiary alicyclic amines) is 1. The maximum Gasteiger partial charge on any atom is 0.335 e. The molecule has 1 aliphatic heterocycles. The molecule has 1 amide bonds. The highest BCUT2D eigenvalue weighted by molar-refractivity contribution is 5.90. The molecule has 0 radical (unpaired) electrons. The molecule has 1 heterocycles. The zero-order valence-electron chi connectivity index (χ0n) is 12.8. The van der Waals surface area contributed by atoms with E-state index in [1.165, 1.54) is 18.2 Å². The second kappa shape index (κ2) is 10.4. The van der Waals surface area contributed by atoms with Crippen LogP contribution in [0.3, 0.4) is 0 Å². The Morgan fingerprint density at radius 2 is 1.68 bits per heavy atom. The lowest BCUT2D eigenvalue weighted by atomic mass is 10.2. The predicted molar refractivity (Wildman–Crippen MR) is 87.2 cm³/mol. The standard InChI is InChI=1S/C7H8N2O2.C5H9NO.C2H8N2/c8-5-1-4(7(10)11)2-6(9)3-5;1-6-4-2-3-5(6)7;3-1-2-4/h1-3H,8-9H2,(H,10,11);2-4H2,1H3;1-4H2. The number of aromatic carboxylic acids is 1. The van der Waals surface area contributed by atoms with Crippen LogP contribution in [0.2, 0.25) is 0 Å². The van der Waals surface area contributed by atoms with E-state index in [0.29, 0.717) is 30.4 Å². The van der Waals surface area contributed by atoms with Gasteiger partial charge in [0.25, 0.3) is 0 Å². The van der Waals surface area contributed by atoms with Gasteiger partial charge in [-0.3, -0.25) is 4.79 Å². The number of carbonyl (C=O) groups excluding carboxylic acids is 1. The highest BCUT2D eigenvalue weighted by atomic mass is 16.4. The first-order valence-corrected chi connectivity index (χ1v) is 6.85. The van der Waals surface area contributed by atoms with Gasteiger partial charge in [-0.15, -0.1) is 0 Å². The van der Waals surface area contributed by atoms with Gasteiger partial charge < -0.3 is 32.9 Å². The molecule has 0 aromatic heterocycles. The van der Waals surface area contributed by atoms with Gasteiger partial charge in [-0.05, 0) is 24.6 Å². The van der Waals surface area contributed by atoms with E-state index in [4.69, 9.17) is 28.0 Å². The van der Waals surface area contributed by atoms with E-state index in [1.54, 1.807) is 4.90 Å². The van der Waals surface area contributed by atoms with E-state index in [0.717, 1.165) is 19.4 Å². The summed E-state index contributed by atoms with van der Waals surface area (Å²) in [6.45, 7) is 2.15. The average Bonchev–Trinajstić information content (AvgIpc) is 2.82. The van der Waals surface area contributed by atoms with Gasteiger partial charge in [-0.1, -0.05) is 0 Å². The van der Waals surface area contributed by atoms with Crippen LogP contribution in [-0.2, 0) is 4.79 Å². The molecule has 9 N–H and O–H groups in total. The number of benzene rings is 1. The predicted octanol–water partition coefficient (Wildman–Crippen LogP) is -0.308. The van der Waals surface area contributed by atoms with Gasteiger partial charge in [-0.25, -0.2) is 4.79 Å². The smallest absolute Gasteiger partial charge is 0.335 e. The van der Waals surface area contributed by atoms with Crippen molar-refractivity contribution in [3.8, 4) is 0 Å². The molecule has 1 aromatic rings. The topological polar surface area (TPSA) is 162 Å². The van der Waals surface area contributed by atoms with E-state index in [1.807, 2.05) is 7.05 Å². The van der Waals surface area contributed by atoms with Gasteiger partial charge in [0.1, 0.15) is 0 Å². The van der Waals surface area contributed by atoms with Crippen molar-refractivity contribution in [1.82, 2.24) is 4.90 Å². The number of carboxylic acids is 1. The number of anilines is 2. The number of hydrogen-bond donors (Lipinski definition) is 5. The van der Waals surface area contributed by atoms with Gasteiger partial charge in [0.05, 0.1) is 5.56 Å². The molecule has 1 fully saturated rings. The highest BCUT2D eigenvalue weighted by Crippen LogP contribution is 2.13. The van der Waals surface area contributed by atoms with E-state index >= 15 is 0 Å². The van der Waals surface area contributed by atoms with Crippen molar-refractivity contribution in [3.63, 3.8) is 0 Å². The molecular weight excluding hydrogens is 286 g/mol. The van der Waals surface area contributed by atoms with Crippen molar-refractivity contribution >= 4 is 23.3 Å². The summed E-state index contributed by atoms with van der Waals surface area (Å²) in [6.07, 6.45) is 1.81. The van der Waals surface area contributed by atoms with Crippen LogP contribution >= 0.6 is 0 Å². The summed E-state index contributed by atoms with van der Waals surface area (Å²) in [4.78, 5) is 22.7. The molecule has 0 bridgehead atoms. The first-order chi connectivity index (χ1) is 10.3. The van der Waals surface area contributed by atoms with E-state index in [-0.39, 0.29) is 5.56 Å². The van der Waals surface area contributed by atoms with Crippen molar-refractivity contribution in [1.29, 1.82) is 0 Å². The molecular formula is C14H25N5O3. The maximum atomic E-state index is 10.5. The van der Waals surface area contributed by atoms with Gasteiger partial charge in [0, 0.05) is 44.5 Å². The zero-order valence-corrected chi connectivity index (χ0v) is 12.8. The molecule has 8 heteroatoms. The molecule has 0 unspecified atom stereocenters. The Bertz CT molecular complexity index is 471. The molecule has 0 saturated carbocycles. The first kappa shape index (κ1) is 19.7. The molecule has 8 nitrogen and oxygen atoms in total. The van der Waals surface area contributed by atoms with Crippen LogP contribution < -0.4 is 22.9 Å². The Hall–Kier alpha value is -2.32. The monoisotopic (exact) mass is 311 g/mol. The van der Waals surface area contributed by atoms with Crippen molar-refractivity contribution < 1.29 is 14.7 Å². The Balaban J connectivity index is 0.000000343. The number of nitrogens with zero attached hydrogens (tertiary/aromatic N) is 1. The van der Waals surface area contributed by atoms with Gasteiger partial charge in [0.2, 0.25) is 5.91 Å². The van der Waals surface area contributed by atoms with Crippen molar-refractivity contribution in [2.75, 3.05) is 38.1 Å². The van der Waals surface area contributed by atoms with Crippen LogP contribution in [0.25, 0.3) is 0 Å². The minimum absolute atomic E-state index is 0.113. The molecule has 0 atom stereocenters. The largest absolute Gasteiger partial charge is 0.478 e. The first-order valence-electron chi connectivity index (χ1n) is 6.85. The molecule has 1 aliphatic rings. The van der Waals surface area contributed by atoms with Crippen molar-refractivity contribution in [3.05, 3.63) is 23.8 Å². The molecule has 0 aliphatic carbocycles. The minimum atomic E-state index is -1.02. The molecule has 1 aromatic carbocycles. The number of carboxylic acid groups (broad SMARTS) is 1. The fourth-order valence-corrected chi connectivity index (χ4v) is 1.58. The summed E-state index contributed by atoms with van der Waals surface area (Å²) in [5.74, 6) is -0.732. The number of nitrogen functional groups attached to an aromatic ring is 2. The average molecular weight is 311 g/mol. The normalized spacial score (nSPS) is 12.9. The third-order valence-corrected chi connectivity index (χ3v) is 2.70. The lowest BCUT2D eigenvalue weighted by Crippen LogP contribution is -2.17. The molecule has 2 rings (SSSR count). The number of nitrogens with two attached hydrogens (primary N) is 4. The van der Waals surface area contributed by atoms with Crippen LogP contribution in [0.1, 0.15) is 23.2 Å². The van der Waals surface area contributed by atoms with Crippen molar-refractivity contribution in [2.24, 2.45) is 11.5 Å². The summed E-state index contributed by atoms with van der Waals surface area (Å²) >= 11 is 0. The fourth-order valence-electron chi connectivity index (χ4n) is 1.58. The molecule has 1 saturated heterocycles. The second-order valence-corrected chi connectivity index (χ2v) is 4.69. The van der Waals surface area contributed by atoms with Gasteiger partial charge in [-0.2, -0.15) is 0 Å². The Labute approximate surface area is 130 Å². The van der Waals surface area contributed by atoms with Crippen LogP contribution in [0.5, 0.6) is 0 Å². The van der Waals surface area contributed by atoms with Crippen LogP contribution in [-0.4, -0.2) is 48.6 Å². The van der Waals surface area contributed by atoms with Crippen LogP contribution in [0.15, 0.2) is 18.2 Å². The Morgan fingerprint density at radius 3 is 1.91 bits per heavy atom. The SMILES string of the molecule is CN1CCCC1=O.NCCN.Nc1cc(N)cc(C(=O)O)c1. The fraction of sp³-hybridized carbons (Fsp3) is 0.429. The Morgan fingerprint density at radius 1 is 1.18 bits per heavy atom. The summed E-state index contributed by atoms with van der Waals surface area (Å²) < 4.78 is 0. The Kier molecular flexibility index (Phi) is 9.31. The molecule has 0 spiro atoms. The quantitative estimate of drug-likeness (QED) is 0.468. The summed E-state index contributed by atoms with van der Waals surface area (Å²) in [7, 11) is 1.84.